The van der Waals surface area contributed by atoms with Crippen LogP contribution >= 0.6 is 0 Å². The van der Waals surface area contributed by atoms with E-state index in [1.165, 1.54) is 12.8 Å². The van der Waals surface area contributed by atoms with Crippen molar-refractivity contribution >= 4 is 0 Å². The summed E-state index contributed by atoms with van der Waals surface area (Å²) in [7, 11) is 0. The van der Waals surface area contributed by atoms with E-state index >= 15 is 0 Å². The van der Waals surface area contributed by atoms with Crippen LogP contribution in [-0.2, 0) is 0 Å². The molecule has 1 rings (SSSR count). The van der Waals surface area contributed by atoms with Crippen molar-refractivity contribution in [1.82, 2.24) is 0 Å². The lowest BCUT2D eigenvalue weighted by molar-refractivity contribution is -1.09. The van der Waals surface area contributed by atoms with E-state index < -0.39 is 0 Å². The Morgan fingerprint density at radius 1 is 1.38 bits per heavy atom. The van der Waals surface area contributed by atoms with E-state index in [0.717, 1.165) is 19.6 Å². The summed E-state index contributed by atoms with van der Waals surface area (Å²) in [4.78, 5) is 0. The maximum atomic E-state index is 9.44. The molecule has 1 saturated heterocycles. The molecule has 1 aliphatic heterocycles. The minimum atomic E-state index is 0.319. The normalized spacial score (nSPS) is 26.2. The minimum Gasteiger partial charge on any atom is -0.217 e. The van der Waals surface area contributed by atoms with Crippen molar-refractivity contribution in [2.45, 2.75) is 19.8 Å². The van der Waals surface area contributed by atoms with Crippen molar-refractivity contribution in [2.75, 3.05) is 19.6 Å². The first-order valence-electron chi connectivity index (χ1n) is 3.36. The molecule has 1 N–H and O–H groups in total. The van der Waals surface area contributed by atoms with Gasteiger partial charge < -0.3 is 0 Å². The number of rotatable bonds is 1. The van der Waals surface area contributed by atoms with E-state index in [1.807, 2.05) is 6.92 Å². The molecule has 0 aromatic heterocycles. The Bertz CT molecular complexity index is 76.6. The van der Waals surface area contributed by atoms with Crippen LogP contribution in [0.15, 0.2) is 0 Å². The number of quaternary nitrogens is 1. The number of likely N-dealkylation sites (tertiary alicyclic amines) is 1. The van der Waals surface area contributed by atoms with Crippen LogP contribution in [0.5, 0.6) is 0 Å². The Hall–Kier alpha value is -0.0800. The second kappa shape index (κ2) is 2.03. The van der Waals surface area contributed by atoms with Gasteiger partial charge in [-0.2, -0.15) is 4.65 Å². The van der Waals surface area contributed by atoms with E-state index in [-0.39, 0.29) is 0 Å². The molecule has 0 amide bonds. The SMILES string of the molecule is CC[N+]1(O)CCCC1. The van der Waals surface area contributed by atoms with Crippen LogP contribution in [0.2, 0.25) is 0 Å². The fourth-order valence-corrected chi connectivity index (χ4v) is 1.24. The average molecular weight is 116 g/mol. The molecule has 2 nitrogen and oxygen atoms in total. The first-order chi connectivity index (χ1) is 3.77. The topological polar surface area (TPSA) is 20.2 Å². The van der Waals surface area contributed by atoms with Crippen LogP contribution in [0.4, 0.5) is 0 Å². The predicted octanol–water partition coefficient (Wildman–Crippen LogP) is 1.01. The average Bonchev–Trinajstić information content (AvgIpc) is 2.17. The molecule has 0 atom stereocenters. The Morgan fingerprint density at radius 2 is 1.88 bits per heavy atom. The molecule has 1 heterocycles. The maximum Gasteiger partial charge on any atom is 0.109 e. The molecule has 0 bridgehead atoms. The van der Waals surface area contributed by atoms with E-state index in [0.29, 0.717) is 4.65 Å². The molecule has 0 saturated carbocycles. The molecule has 0 aliphatic carbocycles. The van der Waals surface area contributed by atoms with Gasteiger partial charge in [0.05, 0.1) is 0 Å². The molecule has 0 spiro atoms. The minimum absolute atomic E-state index is 0.319. The number of hydrogen-bond acceptors (Lipinski definition) is 1. The van der Waals surface area contributed by atoms with Gasteiger partial charge in [0.15, 0.2) is 0 Å². The molecule has 1 aliphatic rings. The predicted molar refractivity (Wildman–Crippen MR) is 31.6 cm³/mol. The molecular formula is C6H14NO+. The van der Waals surface area contributed by atoms with Gasteiger partial charge >= 0.3 is 0 Å². The zero-order valence-electron chi connectivity index (χ0n) is 5.43. The zero-order valence-corrected chi connectivity index (χ0v) is 5.43. The van der Waals surface area contributed by atoms with Crippen molar-refractivity contribution in [3.05, 3.63) is 0 Å². The summed E-state index contributed by atoms with van der Waals surface area (Å²) in [6.07, 6.45) is 2.40. The Morgan fingerprint density at radius 3 is 2.12 bits per heavy atom. The van der Waals surface area contributed by atoms with Crippen molar-refractivity contribution in [1.29, 1.82) is 0 Å². The first kappa shape index (κ1) is 6.05. The van der Waals surface area contributed by atoms with Crippen LogP contribution in [0, 0.1) is 0 Å². The van der Waals surface area contributed by atoms with Gasteiger partial charge in [0.2, 0.25) is 0 Å². The second-order valence-corrected chi connectivity index (χ2v) is 2.57. The molecule has 0 unspecified atom stereocenters. The van der Waals surface area contributed by atoms with Crippen molar-refractivity contribution in [3.8, 4) is 0 Å². The lowest BCUT2D eigenvalue weighted by atomic mass is 10.4. The third-order valence-electron chi connectivity index (χ3n) is 1.99. The largest absolute Gasteiger partial charge is 0.217 e. The first-order valence-corrected chi connectivity index (χ1v) is 3.36. The summed E-state index contributed by atoms with van der Waals surface area (Å²) in [5.41, 5.74) is 0. The van der Waals surface area contributed by atoms with E-state index in [1.54, 1.807) is 0 Å². The summed E-state index contributed by atoms with van der Waals surface area (Å²) in [6.45, 7) is 4.85. The number of hydroxylamine groups is 3. The van der Waals surface area contributed by atoms with Crippen molar-refractivity contribution in [2.24, 2.45) is 0 Å². The zero-order chi connectivity index (χ0) is 6.04. The second-order valence-electron chi connectivity index (χ2n) is 2.57. The highest BCUT2D eigenvalue weighted by atomic mass is 16.5. The van der Waals surface area contributed by atoms with E-state index in [2.05, 4.69) is 0 Å². The lowest BCUT2D eigenvalue weighted by Crippen LogP contribution is -2.40. The summed E-state index contributed by atoms with van der Waals surface area (Å²) < 4.78 is 0.319. The Balaban J connectivity index is 2.40. The fourth-order valence-electron chi connectivity index (χ4n) is 1.24. The van der Waals surface area contributed by atoms with Gasteiger partial charge in [-0.05, 0) is 6.92 Å². The van der Waals surface area contributed by atoms with E-state index in [9.17, 15) is 5.21 Å². The van der Waals surface area contributed by atoms with Crippen LogP contribution < -0.4 is 0 Å². The molecule has 0 aromatic carbocycles. The molecule has 8 heavy (non-hydrogen) atoms. The van der Waals surface area contributed by atoms with Gasteiger partial charge in [0, 0.05) is 12.8 Å². The number of nitrogens with zero attached hydrogens (tertiary/aromatic N) is 1. The maximum absolute atomic E-state index is 9.44. The monoisotopic (exact) mass is 116 g/mol. The molecule has 0 radical (unpaired) electrons. The fraction of sp³-hybridized carbons (Fsp3) is 1.00. The molecule has 48 valence electrons. The number of hydrogen-bond donors (Lipinski definition) is 1. The van der Waals surface area contributed by atoms with Gasteiger partial charge in [-0.3, -0.25) is 0 Å². The van der Waals surface area contributed by atoms with Gasteiger partial charge in [-0.15, -0.1) is 0 Å². The summed E-state index contributed by atoms with van der Waals surface area (Å²) >= 11 is 0. The highest BCUT2D eigenvalue weighted by Crippen LogP contribution is 2.14. The van der Waals surface area contributed by atoms with Crippen LogP contribution in [0.1, 0.15) is 19.8 Å². The summed E-state index contributed by atoms with van der Waals surface area (Å²) in [6, 6.07) is 0. The Labute approximate surface area is 50.3 Å². The van der Waals surface area contributed by atoms with Gasteiger partial charge in [-0.25, -0.2) is 5.21 Å². The summed E-state index contributed by atoms with van der Waals surface area (Å²) in [5.74, 6) is 0. The Kier molecular flexibility index (Phi) is 1.54. The standard InChI is InChI=1S/C6H14NO/c1-2-7(8)5-3-4-6-7/h8H,2-6H2,1H3/q+1. The third-order valence-corrected chi connectivity index (χ3v) is 1.99. The molecule has 2 heteroatoms. The summed E-state index contributed by atoms with van der Waals surface area (Å²) in [5, 5.41) is 9.44. The molecule has 0 aromatic rings. The van der Waals surface area contributed by atoms with Crippen LogP contribution in [0.3, 0.4) is 0 Å². The third kappa shape index (κ3) is 1.01. The van der Waals surface area contributed by atoms with Gasteiger partial charge in [-0.1, -0.05) is 0 Å². The van der Waals surface area contributed by atoms with Gasteiger partial charge in [0.25, 0.3) is 0 Å². The molecular weight excluding hydrogens is 102 g/mol. The van der Waals surface area contributed by atoms with Crippen molar-refractivity contribution < 1.29 is 9.85 Å². The van der Waals surface area contributed by atoms with Crippen molar-refractivity contribution in [3.63, 3.8) is 0 Å². The highest BCUT2D eigenvalue weighted by molar-refractivity contribution is 4.46. The van der Waals surface area contributed by atoms with E-state index in [4.69, 9.17) is 0 Å². The quantitative estimate of drug-likeness (QED) is 0.507. The smallest absolute Gasteiger partial charge is 0.109 e. The lowest BCUT2D eigenvalue weighted by Gasteiger charge is -2.21. The van der Waals surface area contributed by atoms with Crippen LogP contribution in [0.25, 0.3) is 0 Å². The van der Waals surface area contributed by atoms with Crippen LogP contribution in [-0.4, -0.2) is 29.5 Å². The van der Waals surface area contributed by atoms with Gasteiger partial charge in [0.1, 0.15) is 19.6 Å². The highest BCUT2D eigenvalue weighted by Gasteiger charge is 2.27. The molecule has 1 fully saturated rings.